The lowest BCUT2D eigenvalue weighted by Gasteiger charge is -2.36. The van der Waals surface area contributed by atoms with Crippen molar-refractivity contribution < 1.29 is 0 Å². The van der Waals surface area contributed by atoms with Crippen LogP contribution in [0.4, 0.5) is 0 Å². The van der Waals surface area contributed by atoms with Gasteiger partial charge in [-0.1, -0.05) is 19.8 Å². The predicted octanol–water partition coefficient (Wildman–Crippen LogP) is 3.28. The van der Waals surface area contributed by atoms with E-state index in [1.807, 2.05) is 0 Å². The Morgan fingerprint density at radius 3 is 2.67 bits per heavy atom. The van der Waals surface area contributed by atoms with Crippen LogP contribution < -0.4 is 5.32 Å². The van der Waals surface area contributed by atoms with Gasteiger partial charge in [-0.25, -0.2) is 0 Å². The molecule has 1 saturated heterocycles. The van der Waals surface area contributed by atoms with Crippen molar-refractivity contribution >= 4 is 0 Å². The quantitative estimate of drug-likeness (QED) is 0.780. The normalized spacial score (nSPS) is 28.7. The van der Waals surface area contributed by atoms with E-state index in [4.69, 9.17) is 0 Å². The molecule has 1 aliphatic carbocycles. The molecule has 0 aromatic carbocycles. The van der Waals surface area contributed by atoms with Crippen molar-refractivity contribution in [1.82, 2.24) is 10.2 Å². The van der Waals surface area contributed by atoms with Gasteiger partial charge in [0.15, 0.2) is 0 Å². The Labute approximate surface area is 114 Å². The maximum Gasteiger partial charge on any atom is 0.00793 e. The third kappa shape index (κ3) is 4.24. The molecular formula is C16H32N2. The van der Waals surface area contributed by atoms with Crippen LogP contribution in [0.3, 0.4) is 0 Å². The van der Waals surface area contributed by atoms with Gasteiger partial charge < -0.3 is 10.2 Å². The first-order valence-corrected chi connectivity index (χ1v) is 8.25. The monoisotopic (exact) mass is 252 g/mol. The van der Waals surface area contributed by atoms with E-state index < -0.39 is 0 Å². The topological polar surface area (TPSA) is 15.3 Å². The largest absolute Gasteiger partial charge is 0.314 e. The Balaban J connectivity index is 1.68. The van der Waals surface area contributed by atoms with Crippen LogP contribution in [0.5, 0.6) is 0 Å². The van der Waals surface area contributed by atoms with E-state index in [0.717, 1.165) is 11.8 Å². The van der Waals surface area contributed by atoms with Gasteiger partial charge in [0.25, 0.3) is 0 Å². The molecule has 1 aliphatic heterocycles. The smallest absolute Gasteiger partial charge is 0.00793 e. The summed E-state index contributed by atoms with van der Waals surface area (Å²) in [7, 11) is 0. The molecule has 18 heavy (non-hydrogen) atoms. The molecule has 106 valence electrons. The zero-order chi connectivity index (χ0) is 12.8. The van der Waals surface area contributed by atoms with Gasteiger partial charge in [-0.3, -0.25) is 0 Å². The van der Waals surface area contributed by atoms with Crippen LogP contribution in [-0.2, 0) is 0 Å². The molecule has 0 spiro atoms. The molecule has 1 N–H and O–H groups in total. The van der Waals surface area contributed by atoms with Crippen molar-refractivity contribution in [3.63, 3.8) is 0 Å². The van der Waals surface area contributed by atoms with E-state index in [-0.39, 0.29) is 0 Å². The van der Waals surface area contributed by atoms with Crippen molar-refractivity contribution in [3.05, 3.63) is 0 Å². The van der Waals surface area contributed by atoms with Crippen LogP contribution in [0.1, 0.15) is 58.8 Å². The second-order valence-corrected chi connectivity index (χ2v) is 6.55. The molecule has 2 unspecified atom stereocenters. The lowest BCUT2D eigenvalue weighted by molar-refractivity contribution is 0.149. The van der Waals surface area contributed by atoms with E-state index in [2.05, 4.69) is 24.1 Å². The maximum absolute atomic E-state index is 3.83. The lowest BCUT2D eigenvalue weighted by atomic mass is 9.91. The molecule has 0 aromatic rings. The van der Waals surface area contributed by atoms with Crippen LogP contribution in [0, 0.1) is 11.8 Å². The Morgan fingerprint density at radius 2 is 1.94 bits per heavy atom. The Hall–Kier alpha value is -0.0800. The van der Waals surface area contributed by atoms with Crippen molar-refractivity contribution in [2.75, 3.05) is 26.2 Å². The third-order valence-electron chi connectivity index (χ3n) is 4.99. The van der Waals surface area contributed by atoms with E-state index >= 15 is 0 Å². The minimum Gasteiger partial charge on any atom is -0.314 e. The van der Waals surface area contributed by atoms with Crippen molar-refractivity contribution in [2.45, 2.75) is 64.8 Å². The van der Waals surface area contributed by atoms with Crippen LogP contribution >= 0.6 is 0 Å². The van der Waals surface area contributed by atoms with Crippen molar-refractivity contribution in [3.8, 4) is 0 Å². The van der Waals surface area contributed by atoms with Gasteiger partial charge in [0, 0.05) is 12.6 Å². The fourth-order valence-corrected chi connectivity index (χ4v) is 3.75. The molecule has 1 saturated carbocycles. The molecule has 1 heterocycles. The van der Waals surface area contributed by atoms with Gasteiger partial charge in [0.2, 0.25) is 0 Å². The van der Waals surface area contributed by atoms with Gasteiger partial charge in [-0.05, 0) is 70.5 Å². The van der Waals surface area contributed by atoms with Crippen LogP contribution in [-0.4, -0.2) is 37.1 Å². The standard InChI is InChI=1S/C16H32N2/c1-3-10-18-11-6-9-16(13-18)14(2)17-12-15-7-4-5-8-15/h14-17H,3-13H2,1-2H3. The number of piperidine rings is 1. The Bertz CT molecular complexity index is 221. The number of hydrogen-bond acceptors (Lipinski definition) is 2. The summed E-state index contributed by atoms with van der Waals surface area (Å²) in [5, 5.41) is 3.83. The zero-order valence-electron chi connectivity index (χ0n) is 12.5. The summed E-state index contributed by atoms with van der Waals surface area (Å²) in [6.45, 7) is 9.93. The first kappa shape index (κ1) is 14.3. The number of nitrogens with one attached hydrogen (secondary N) is 1. The average molecular weight is 252 g/mol. The first-order valence-electron chi connectivity index (χ1n) is 8.25. The summed E-state index contributed by atoms with van der Waals surface area (Å²) in [6.07, 6.45) is 10.00. The van der Waals surface area contributed by atoms with Gasteiger partial charge >= 0.3 is 0 Å². The zero-order valence-corrected chi connectivity index (χ0v) is 12.5. The number of nitrogens with zero attached hydrogens (tertiary/aromatic N) is 1. The van der Waals surface area contributed by atoms with Gasteiger partial charge in [-0.2, -0.15) is 0 Å². The molecule has 2 fully saturated rings. The molecular weight excluding hydrogens is 220 g/mol. The molecule has 2 aliphatic rings. The lowest BCUT2D eigenvalue weighted by Crippen LogP contribution is -2.45. The summed E-state index contributed by atoms with van der Waals surface area (Å²) < 4.78 is 0. The number of likely N-dealkylation sites (tertiary alicyclic amines) is 1. The molecule has 0 amide bonds. The van der Waals surface area contributed by atoms with Gasteiger partial charge in [0.05, 0.1) is 0 Å². The van der Waals surface area contributed by atoms with E-state index in [1.165, 1.54) is 71.1 Å². The van der Waals surface area contributed by atoms with E-state index in [0.29, 0.717) is 6.04 Å². The third-order valence-corrected chi connectivity index (χ3v) is 4.99. The maximum atomic E-state index is 3.83. The molecule has 0 bridgehead atoms. The number of hydrogen-bond donors (Lipinski definition) is 1. The highest BCUT2D eigenvalue weighted by Gasteiger charge is 2.24. The summed E-state index contributed by atoms with van der Waals surface area (Å²) in [4.78, 5) is 2.67. The van der Waals surface area contributed by atoms with Crippen molar-refractivity contribution in [2.24, 2.45) is 11.8 Å². The molecule has 2 heteroatoms. The molecule has 0 radical (unpaired) electrons. The summed E-state index contributed by atoms with van der Waals surface area (Å²) in [6, 6.07) is 0.713. The SMILES string of the molecule is CCCN1CCCC(C(C)NCC2CCCC2)C1. The van der Waals surface area contributed by atoms with Gasteiger partial charge in [0.1, 0.15) is 0 Å². The van der Waals surface area contributed by atoms with Crippen LogP contribution in [0.25, 0.3) is 0 Å². The summed E-state index contributed by atoms with van der Waals surface area (Å²) >= 11 is 0. The minimum absolute atomic E-state index is 0.713. The predicted molar refractivity (Wildman–Crippen MR) is 78.9 cm³/mol. The van der Waals surface area contributed by atoms with Crippen LogP contribution in [0.15, 0.2) is 0 Å². The van der Waals surface area contributed by atoms with Crippen LogP contribution in [0.2, 0.25) is 0 Å². The molecule has 2 rings (SSSR count). The fraction of sp³-hybridized carbons (Fsp3) is 1.00. The molecule has 2 nitrogen and oxygen atoms in total. The minimum atomic E-state index is 0.713. The van der Waals surface area contributed by atoms with E-state index in [9.17, 15) is 0 Å². The number of rotatable bonds is 6. The van der Waals surface area contributed by atoms with Gasteiger partial charge in [-0.15, -0.1) is 0 Å². The summed E-state index contributed by atoms with van der Waals surface area (Å²) in [5.41, 5.74) is 0. The highest BCUT2D eigenvalue weighted by Crippen LogP contribution is 2.25. The molecule has 2 atom stereocenters. The Morgan fingerprint density at radius 1 is 1.17 bits per heavy atom. The van der Waals surface area contributed by atoms with E-state index in [1.54, 1.807) is 0 Å². The second-order valence-electron chi connectivity index (χ2n) is 6.55. The first-order chi connectivity index (χ1) is 8.79. The summed E-state index contributed by atoms with van der Waals surface area (Å²) in [5.74, 6) is 1.86. The van der Waals surface area contributed by atoms with Crippen molar-refractivity contribution in [1.29, 1.82) is 0 Å². The second kappa shape index (κ2) is 7.49. The fourth-order valence-electron chi connectivity index (χ4n) is 3.75. The Kier molecular flexibility index (Phi) is 5.97. The average Bonchev–Trinajstić information content (AvgIpc) is 2.90. The molecule has 0 aromatic heterocycles. The highest BCUT2D eigenvalue weighted by molar-refractivity contribution is 4.81. The highest BCUT2D eigenvalue weighted by atomic mass is 15.1.